The van der Waals surface area contributed by atoms with Gasteiger partial charge in [-0.3, -0.25) is 14.3 Å². The number of thioether (sulfide) groups is 1. The monoisotopic (exact) mass is 467 g/mol. The second kappa shape index (κ2) is 12.0. The first-order valence-electron chi connectivity index (χ1n) is 11.5. The Morgan fingerprint density at radius 3 is 2.52 bits per heavy atom. The topological polar surface area (TPSA) is 63.1 Å². The molecule has 2 aromatic carbocycles. The van der Waals surface area contributed by atoms with Crippen LogP contribution in [0, 0.1) is 5.82 Å². The van der Waals surface area contributed by atoms with Crippen LogP contribution in [0.1, 0.15) is 37.1 Å². The quantitative estimate of drug-likeness (QED) is 0.357. The molecule has 0 bridgehead atoms. The molecule has 6 nitrogen and oxygen atoms in total. The summed E-state index contributed by atoms with van der Waals surface area (Å²) in [6.07, 6.45) is 5.48. The van der Waals surface area contributed by atoms with Crippen LogP contribution in [0.3, 0.4) is 0 Å². The van der Waals surface area contributed by atoms with Gasteiger partial charge in [0.15, 0.2) is 11.0 Å². The Kier molecular flexibility index (Phi) is 8.49. The number of aryl methyl sites for hydroxylation is 1. The highest BCUT2D eigenvalue weighted by Gasteiger charge is 2.19. The van der Waals surface area contributed by atoms with Gasteiger partial charge in [-0.05, 0) is 68.6 Å². The molecule has 0 radical (unpaired) electrons. The zero-order valence-corrected chi connectivity index (χ0v) is 19.6. The maximum Gasteiger partial charge on any atom is 0.230 e. The number of carbonyl (C=O) groups excluding carboxylic acids is 1. The number of likely N-dealkylation sites (tertiary alicyclic amines) is 1. The largest absolute Gasteiger partial charge is 0.355 e. The summed E-state index contributed by atoms with van der Waals surface area (Å²) in [7, 11) is 0. The second-order valence-electron chi connectivity index (χ2n) is 8.28. The Bertz CT molecular complexity index is 1020. The molecule has 0 spiro atoms. The van der Waals surface area contributed by atoms with Gasteiger partial charge in [0, 0.05) is 12.2 Å². The SMILES string of the molecule is O=C(CSc1nnc(CN2CCCCC2)n1-c1ccc(F)cc1)NCCCc1ccccc1. The lowest BCUT2D eigenvalue weighted by atomic mass is 10.1. The third-order valence-corrected chi connectivity index (χ3v) is 6.67. The van der Waals surface area contributed by atoms with Gasteiger partial charge >= 0.3 is 0 Å². The van der Waals surface area contributed by atoms with Crippen molar-refractivity contribution in [1.82, 2.24) is 25.0 Å². The Balaban J connectivity index is 1.35. The molecule has 174 valence electrons. The number of nitrogens with one attached hydrogen (secondary N) is 1. The molecule has 0 aliphatic carbocycles. The predicted molar refractivity (Wildman–Crippen MR) is 129 cm³/mol. The van der Waals surface area contributed by atoms with E-state index in [4.69, 9.17) is 0 Å². The van der Waals surface area contributed by atoms with Crippen molar-refractivity contribution in [1.29, 1.82) is 0 Å². The zero-order chi connectivity index (χ0) is 22.9. The summed E-state index contributed by atoms with van der Waals surface area (Å²) in [4.78, 5) is 14.8. The van der Waals surface area contributed by atoms with E-state index in [9.17, 15) is 9.18 Å². The summed E-state index contributed by atoms with van der Waals surface area (Å²) in [6.45, 7) is 3.42. The number of amides is 1. The minimum absolute atomic E-state index is 0.0284. The second-order valence-corrected chi connectivity index (χ2v) is 9.22. The van der Waals surface area contributed by atoms with Gasteiger partial charge in [0.25, 0.3) is 0 Å². The molecule has 1 fully saturated rings. The fourth-order valence-corrected chi connectivity index (χ4v) is 4.81. The van der Waals surface area contributed by atoms with Crippen LogP contribution >= 0.6 is 11.8 Å². The first kappa shape index (κ1) is 23.4. The first-order chi connectivity index (χ1) is 16.2. The van der Waals surface area contributed by atoms with Crippen LogP contribution in [0.25, 0.3) is 5.69 Å². The molecule has 2 heterocycles. The van der Waals surface area contributed by atoms with E-state index in [1.54, 1.807) is 12.1 Å². The van der Waals surface area contributed by atoms with Crippen LogP contribution in [0.5, 0.6) is 0 Å². The normalized spacial score (nSPS) is 14.3. The third-order valence-electron chi connectivity index (χ3n) is 5.74. The van der Waals surface area contributed by atoms with E-state index in [1.165, 1.54) is 48.7 Å². The van der Waals surface area contributed by atoms with E-state index >= 15 is 0 Å². The summed E-state index contributed by atoms with van der Waals surface area (Å²) in [5.41, 5.74) is 2.08. The number of piperidine rings is 1. The lowest BCUT2D eigenvalue weighted by Gasteiger charge is -2.26. The van der Waals surface area contributed by atoms with Crippen LogP contribution in [-0.2, 0) is 17.8 Å². The standard InChI is InChI=1S/C25H30FN5OS/c26-21-11-13-22(14-12-21)31-23(18-30-16-5-2-6-17-30)28-29-25(31)33-19-24(32)27-15-7-10-20-8-3-1-4-9-20/h1,3-4,8-9,11-14H,2,5-7,10,15-19H2,(H,27,32). The van der Waals surface area contributed by atoms with Crippen molar-refractivity contribution in [2.24, 2.45) is 0 Å². The Morgan fingerprint density at radius 1 is 1.00 bits per heavy atom. The highest BCUT2D eigenvalue weighted by molar-refractivity contribution is 7.99. The Morgan fingerprint density at radius 2 is 1.76 bits per heavy atom. The molecule has 1 aromatic heterocycles. The van der Waals surface area contributed by atoms with Crippen molar-refractivity contribution in [3.05, 3.63) is 71.8 Å². The van der Waals surface area contributed by atoms with Crippen LogP contribution in [0.15, 0.2) is 59.8 Å². The van der Waals surface area contributed by atoms with Gasteiger partial charge in [-0.15, -0.1) is 10.2 Å². The number of hydrogen-bond acceptors (Lipinski definition) is 5. The molecule has 33 heavy (non-hydrogen) atoms. The molecule has 8 heteroatoms. The summed E-state index contributed by atoms with van der Waals surface area (Å²) in [5.74, 6) is 0.760. The summed E-state index contributed by atoms with van der Waals surface area (Å²) in [5, 5.41) is 12.4. The van der Waals surface area contributed by atoms with Crippen LogP contribution < -0.4 is 5.32 Å². The number of aromatic nitrogens is 3. The third kappa shape index (κ3) is 6.88. The Labute approximate surface area is 198 Å². The predicted octanol–water partition coefficient (Wildman–Crippen LogP) is 4.23. The molecule has 1 aliphatic rings. The Hall–Kier alpha value is -2.71. The minimum Gasteiger partial charge on any atom is -0.355 e. The highest BCUT2D eigenvalue weighted by atomic mass is 32.2. The molecule has 1 amide bonds. The van der Waals surface area contributed by atoms with Crippen molar-refractivity contribution < 1.29 is 9.18 Å². The van der Waals surface area contributed by atoms with Gasteiger partial charge in [0.05, 0.1) is 12.3 Å². The van der Waals surface area contributed by atoms with Gasteiger partial charge in [-0.25, -0.2) is 4.39 Å². The van der Waals surface area contributed by atoms with Crippen molar-refractivity contribution in [3.63, 3.8) is 0 Å². The van der Waals surface area contributed by atoms with E-state index in [0.29, 0.717) is 18.2 Å². The summed E-state index contributed by atoms with van der Waals surface area (Å²) < 4.78 is 15.5. The molecular weight excluding hydrogens is 437 g/mol. The van der Waals surface area contributed by atoms with Gasteiger partial charge < -0.3 is 5.32 Å². The van der Waals surface area contributed by atoms with Gasteiger partial charge in [0.1, 0.15) is 5.82 Å². The van der Waals surface area contributed by atoms with E-state index in [1.807, 2.05) is 22.8 Å². The molecule has 0 atom stereocenters. The van der Waals surface area contributed by atoms with Crippen LogP contribution in [0.4, 0.5) is 4.39 Å². The number of hydrogen-bond donors (Lipinski definition) is 1. The average molecular weight is 468 g/mol. The van der Waals surface area contributed by atoms with Crippen LogP contribution in [0.2, 0.25) is 0 Å². The fourth-order valence-electron chi connectivity index (χ4n) is 4.01. The lowest BCUT2D eigenvalue weighted by molar-refractivity contribution is -0.118. The smallest absolute Gasteiger partial charge is 0.230 e. The summed E-state index contributed by atoms with van der Waals surface area (Å²) >= 11 is 1.36. The molecule has 3 aromatic rings. The van der Waals surface area contributed by atoms with Crippen molar-refractivity contribution in [2.75, 3.05) is 25.4 Å². The van der Waals surface area contributed by atoms with Gasteiger partial charge in [0.2, 0.25) is 5.91 Å². The molecule has 4 rings (SSSR count). The molecule has 1 saturated heterocycles. The number of nitrogens with zero attached hydrogens (tertiary/aromatic N) is 4. The molecule has 1 aliphatic heterocycles. The maximum absolute atomic E-state index is 13.5. The number of carbonyl (C=O) groups is 1. The van der Waals surface area contributed by atoms with Crippen LogP contribution in [-0.4, -0.2) is 51.0 Å². The van der Waals surface area contributed by atoms with Gasteiger partial charge in [-0.1, -0.05) is 48.5 Å². The van der Waals surface area contributed by atoms with Crippen molar-refractivity contribution in [2.45, 2.75) is 43.8 Å². The number of rotatable bonds is 10. The van der Waals surface area contributed by atoms with Crippen molar-refractivity contribution >= 4 is 17.7 Å². The van der Waals surface area contributed by atoms with Crippen molar-refractivity contribution in [3.8, 4) is 5.69 Å². The van der Waals surface area contributed by atoms with Gasteiger partial charge in [-0.2, -0.15) is 0 Å². The highest BCUT2D eigenvalue weighted by Crippen LogP contribution is 2.24. The summed E-state index contributed by atoms with van der Waals surface area (Å²) in [6, 6.07) is 16.6. The van der Waals surface area contributed by atoms with E-state index in [2.05, 4.69) is 32.5 Å². The molecular formula is C25H30FN5OS. The van der Waals surface area contributed by atoms with E-state index in [0.717, 1.165) is 37.4 Å². The minimum atomic E-state index is -0.284. The average Bonchev–Trinajstić information content (AvgIpc) is 3.24. The zero-order valence-electron chi connectivity index (χ0n) is 18.8. The lowest BCUT2D eigenvalue weighted by Crippen LogP contribution is -2.30. The van der Waals surface area contributed by atoms with E-state index < -0.39 is 0 Å². The number of benzene rings is 2. The first-order valence-corrected chi connectivity index (χ1v) is 12.5. The van der Waals surface area contributed by atoms with E-state index in [-0.39, 0.29) is 17.5 Å². The number of halogens is 1. The maximum atomic E-state index is 13.5. The molecule has 1 N–H and O–H groups in total. The fraction of sp³-hybridized carbons (Fsp3) is 0.400. The molecule has 0 saturated carbocycles. The molecule has 0 unspecified atom stereocenters.